The Kier molecular flexibility index (Phi) is 3.79. The van der Waals surface area contributed by atoms with Gasteiger partial charge in [0, 0.05) is 12.1 Å². The lowest BCUT2D eigenvalue weighted by Crippen LogP contribution is -2.45. The normalized spacial score (nSPS) is 20.4. The zero-order valence-electron chi connectivity index (χ0n) is 10.2. The van der Waals surface area contributed by atoms with Crippen molar-refractivity contribution in [2.24, 2.45) is 0 Å². The first kappa shape index (κ1) is 12.1. The molecular formula is C14H19NO2. The first-order chi connectivity index (χ1) is 8.22. The number of piperidine rings is 1. The molecule has 1 fully saturated rings. The Morgan fingerprint density at radius 3 is 2.71 bits per heavy atom. The van der Waals surface area contributed by atoms with Crippen LogP contribution in [0.1, 0.15) is 35.2 Å². The van der Waals surface area contributed by atoms with E-state index in [-0.39, 0.29) is 18.6 Å². The molecular weight excluding hydrogens is 214 g/mol. The van der Waals surface area contributed by atoms with Crippen molar-refractivity contribution >= 4 is 5.91 Å². The maximum Gasteiger partial charge on any atom is 0.254 e. The van der Waals surface area contributed by atoms with Gasteiger partial charge in [-0.05, 0) is 38.3 Å². The first-order valence-corrected chi connectivity index (χ1v) is 6.21. The van der Waals surface area contributed by atoms with E-state index in [9.17, 15) is 9.90 Å². The highest BCUT2D eigenvalue weighted by atomic mass is 16.3. The molecule has 1 heterocycles. The molecule has 1 aromatic carbocycles. The van der Waals surface area contributed by atoms with E-state index in [2.05, 4.69) is 0 Å². The second-order valence-corrected chi connectivity index (χ2v) is 4.70. The molecule has 92 valence electrons. The number of carbonyl (C=O) groups is 1. The van der Waals surface area contributed by atoms with E-state index in [1.54, 1.807) is 0 Å². The van der Waals surface area contributed by atoms with Gasteiger partial charge in [-0.25, -0.2) is 0 Å². The van der Waals surface area contributed by atoms with Gasteiger partial charge in [-0.1, -0.05) is 17.7 Å². The monoisotopic (exact) mass is 233 g/mol. The van der Waals surface area contributed by atoms with Crippen molar-refractivity contribution in [3.8, 4) is 0 Å². The maximum atomic E-state index is 12.3. The molecule has 1 aromatic rings. The summed E-state index contributed by atoms with van der Waals surface area (Å²) in [5, 5.41) is 9.31. The lowest BCUT2D eigenvalue weighted by atomic mass is 10.0. The van der Waals surface area contributed by atoms with Crippen LogP contribution in [-0.2, 0) is 0 Å². The van der Waals surface area contributed by atoms with Crippen LogP contribution in [0.2, 0.25) is 0 Å². The number of amides is 1. The van der Waals surface area contributed by atoms with Crippen LogP contribution in [-0.4, -0.2) is 35.1 Å². The minimum Gasteiger partial charge on any atom is -0.394 e. The number of aliphatic hydroxyl groups is 1. The third-order valence-corrected chi connectivity index (χ3v) is 3.40. The van der Waals surface area contributed by atoms with Gasteiger partial charge in [-0.2, -0.15) is 0 Å². The van der Waals surface area contributed by atoms with E-state index in [4.69, 9.17) is 0 Å². The molecule has 0 radical (unpaired) electrons. The van der Waals surface area contributed by atoms with E-state index in [1.165, 1.54) is 0 Å². The summed E-state index contributed by atoms with van der Waals surface area (Å²) in [6.45, 7) is 2.83. The van der Waals surface area contributed by atoms with Crippen molar-refractivity contribution in [1.29, 1.82) is 0 Å². The van der Waals surface area contributed by atoms with Gasteiger partial charge in [0.05, 0.1) is 12.6 Å². The Bertz CT molecular complexity index is 386. The predicted octanol–water partition coefficient (Wildman–Crippen LogP) is 1.98. The lowest BCUT2D eigenvalue weighted by Gasteiger charge is -2.34. The third kappa shape index (κ3) is 2.67. The van der Waals surface area contributed by atoms with Crippen molar-refractivity contribution in [1.82, 2.24) is 4.90 Å². The molecule has 1 amide bonds. The second-order valence-electron chi connectivity index (χ2n) is 4.70. The molecule has 1 aliphatic heterocycles. The molecule has 1 unspecified atom stereocenters. The molecule has 1 saturated heterocycles. The molecule has 0 bridgehead atoms. The minimum atomic E-state index is -0.00227. The smallest absolute Gasteiger partial charge is 0.254 e. The Balaban J connectivity index is 2.15. The van der Waals surface area contributed by atoms with Crippen molar-refractivity contribution in [2.75, 3.05) is 13.2 Å². The fourth-order valence-electron chi connectivity index (χ4n) is 2.32. The third-order valence-electron chi connectivity index (χ3n) is 3.40. The summed E-state index contributed by atoms with van der Waals surface area (Å²) in [5.74, 6) is 0.0451. The van der Waals surface area contributed by atoms with Crippen molar-refractivity contribution < 1.29 is 9.90 Å². The zero-order chi connectivity index (χ0) is 12.3. The van der Waals surface area contributed by atoms with Gasteiger partial charge in [0.2, 0.25) is 0 Å². The van der Waals surface area contributed by atoms with Crippen LogP contribution in [0.3, 0.4) is 0 Å². The average Bonchev–Trinajstić information content (AvgIpc) is 2.39. The SMILES string of the molecule is Cc1ccc(C(=O)N2CCCCC2CO)cc1. The number of likely N-dealkylation sites (tertiary alicyclic amines) is 1. The molecule has 2 rings (SSSR count). The van der Waals surface area contributed by atoms with Gasteiger partial charge >= 0.3 is 0 Å². The van der Waals surface area contributed by atoms with Gasteiger partial charge < -0.3 is 10.0 Å². The molecule has 0 aliphatic carbocycles. The summed E-state index contributed by atoms with van der Waals surface area (Å²) in [6.07, 6.45) is 3.05. The second kappa shape index (κ2) is 5.32. The van der Waals surface area contributed by atoms with E-state index in [0.29, 0.717) is 0 Å². The summed E-state index contributed by atoms with van der Waals surface area (Å²) in [6, 6.07) is 7.62. The fourth-order valence-corrected chi connectivity index (χ4v) is 2.32. The number of benzene rings is 1. The zero-order valence-corrected chi connectivity index (χ0v) is 10.2. The van der Waals surface area contributed by atoms with Crippen molar-refractivity contribution in [2.45, 2.75) is 32.2 Å². The average molecular weight is 233 g/mol. The molecule has 0 aromatic heterocycles. The highest BCUT2D eigenvalue weighted by Gasteiger charge is 2.26. The number of carbonyl (C=O) groups excluding carboxylic acids is 1. The topological polar surface area (TPSA) is 40.5 Å². The van der Waals surface area contributed by atoms with Crippen LogP contribution in [0.4, 0.5) is 0 Å². The van der Waals surface area contributed by atoms with Crippen LogP contribution in [0.25, 0.3) is 0 Å². The number of nitrogens with zero attached hydrogens (tertiary/aromatic N) is 1. The van der Waals surface area contributed by atoms with Gasteiger partial charge in [-0.15, -0.1) is 0 Å². The highest BCUT2D eigenvalue weighted by molar-refractivity contribution is 5.94. The molecule has 1 aliphatic rings. The molecule has 0 saturated carbocycles. The van der Waals surface area contributed by atoms with Crippen LogP contribution in [0.5, 0.6) is 0 Å². The predicted molar refractivity (Wildman–Crippen MR) is 66.9 cm³/mol. The van der Waals surface area contributed by atoms with Crippen molar-refractivity contribution in [3.05, 3.63) is 35.4 Å². The summed E-state index contributed by atoms with van der Waals surface area (Å²) < 4.78 is 0. The molecule has 3 heteroatoms. The summed E-state index contributed by atoms with van der Waals surface area (Å²) in [5.41, 5.74) is 1.87. The Morgan fingerprint density at radius 2 is 2.06 bits per heavy atom. The Morgan fingerprint density at radius 1 is 1.35 bits per heavy atom. The van der Waals surface area contributed by atoms with E-state index in [1.807, 2.05) is 36.1 Å². The van der Waals surface area contributed by atoms with Crippen LogP contribution in [0.15, 0.2) is 24.3 Å². The summed E-state index contributed by atoms with van der Waals surface area (Å²) in [7, 11) is 0. The molecule has 1 atom stereocenters. The first-order valence-electron chi connectivity index (χ1n) is 6.21. The Labute approximate surface area is 102 Å². The van der Waals surface area contributed by atoms with E-state index < -0.39 is 0 Å². The highest BCUT2D eigenvalue weighted by Crippen LogP contribution is 2.19. The number of aryl methyl sites for hydroxylation is 1. The van der Waals surface area contributed by atoms with Gasteiger partial charge in [-0.3, -0.25) is 4.79 Å². The Hall–Kier alpha value is -1.35. The van der Waals surface area contributed by atoms with Crippen LogP contribution < -0.4 is 0 Å². The van der Waals surface area contributed by atoms with Crippen LogP contribution in [0, 0.1) is 6.92 Å². The summed E-state index contributed by atoms with van der Waals surface area (Å²) >= 11 is 0. The maximum absolute atomic E-state index is 12.3. The molecule has 17 heavy (non-hydrogen) atoms. The largest absolute Gasteiger partial charge is 0.394 e. The molecule has 3 nitrogen and oxygen atoms in total. The number of hydrogen-bond acceptors (Lipinski definition) is 2. The molecule has 0 spiro atoms. The van der Waals surface area contributed by atoms with Gasteiger partial charge in [0.1, 0.15) is 0 Å². The number of aliphatic hydroxyl groups excluding tert-OH is 1. The van der Waals surface area contributed by atoms with E-state index in [0.717, 1.165) is 36.9 Å². The lowest BCUT2D eigenvalue weighted by molar-refractivity contribution is 0.0503. The fraction of sp³-hybridized carbons (Fsp3) is 0.500. The van der Waals surface area contributed by atoms with Crippen molar-refractivity contribution in [3.63, 3.8) is 0 Å². The summed E-state index contributed by atoms with van der Waals surface area (Å²) in [4.78, 5) is 14.1. The van der Waals surface area contributed by atoms with E-state index >= 15 is 0 Å². The molecule has 1 N–H and O–H groups in total. The minimum absolute atomic E-state index is 0.00227. The quantitative estimate of drug-likeness (QED) is 0.848. The van der Waals surface area contributed by atoms with Crippen LogP contribution >= 0.6 is 0 Å². The number of hydrogen-bond donors (Lipinski definition) is 1. The number of rotatable bonds is 2. The van der Waals surface area contributed by atoms with Gasteiger partial charge in [0.15, 0.2) is 0 Å². The van der Waals surface area contributed by atoms with Gasteiger partial charge in [0.25, 0.3) is 5.91 Å². The standard InChI is InChI=1S/C14H19NO2/c1-11-5-7-12(8-6-11)14(17)15-9-3-2-4-13(15)10-16/h5-8,13,16H,2-4,9-10H2,1H3.